The second kappa shape index (κ2) is 5.66. The quantitative estimate of drug-likeness (QED) is 0.606. The predicted molar refractivity (Wildman–Crippen MR) is 68.1 cm³/mol. The van der Waals surface area contributed by atoms with E-state index in [-0.39, 0.29) is 10.6 Å². The molecule has 1 aromatic rings. The number of Topliss-reactive ketones (excluding diaryl/α,β-unsaturated/α-hetero) is 1. The summed E-state index contributed by atoms with van der Waals surface area (Å²) in [5, 5.41) is 0. The van der Waals surface area contributed by atoms with Crippen LogP contribution in [-0.4, -0.2) is 10.6 Å². The summed E-state index contributed by atoms with van der Waals surface area (Å²) in [6.45, 7) is 3.90. The fourth-order valence-corrected chi connectivity index (χ4v) is 1.83. The van der Waals surface area contributed by atoms with Crippen LogP contribution in [0.5, 0.6) is 0 Å². The predicted octanol–water partition coefficient (Wildman–Crippen LogP) is 3.95. The van der Waals surface area contributed by atoms with Crippen molar-refractivity contribution in [2.45, 2.75) is 31.0 Å². The van der Waals surface area contributed by atoms with E-state index in [0.29, 0.717) is 5.88 Å². The van der Waals surface area contributed by atoms with E-state index < -0.39 is 0 Å². The van der Waals surface area contributed by atoms with Crippen molar-refractivity contribution >= 4 is 33.3 Å². The highest BCUT2D eigenvalue weighted by atomic mass is 79.9. The minimum Gasteiger partial charge on any atom is -0.293 e. The van der Waals surface area contributed by atoms with Gasteiger partial charge in [0.1, 0.15) is 0 Å². The Morgan fingerprint density at radius 1 is 1.40 bits per heavy atom. The van der Waals surface area contributed by atoms with Crippen LogP contribution in [0, 0.1) is 0 Å². The zero-order chi connectivity index (χ0) is 11.4. The molecule has 1 unspecified atom stereocenters. The molecule has 0 amide bonds. The molecule has 82 valence electrons. The summed E-state index contributed by atoms with van der Waals surface area (Å²) in [6.07, 6.45) is 0.918. The molecule has 1 nitrogen and oxygen atoms in total. The summed E-state index contributed by atoms with van der Waals surface area (Å²) < 4.78 is 0. The molecular formula is C12H14BrClO. The van der Waals surface area contributed by atoms with Gasteiger partial charge in [0.25, 0.3) is 0 Å². The first kappa shape index (κ1) is 12.7. The molecule has 0 radical (unpaired) electrons. The molecule has 3 heteroatoms. The van der Waals surface area contributed by atoms with Crippen LogP contribution < -0.4 is 0 Å². The van der Waals surface area contributed by atoms with Crippen molar-refractivity contribution < 1.29 is 4.79 Å². The van der Waals surface area contributed by atoms with Gasteiger partial charge < -0.3 is 0 Å². The maximum atomic E-state index is 11.8. The zero-order valence-electron chi connectivity index (χ0n) is 8.89. The first-order valence-electron chi connectivity index (χ1n) is 4.95. The van der Waals surface area contributed by atoms with Gasteiger partial charge in [0, 0.05) is 11.4 Å². The lowest BCUT2D eigenvalue weighted by atomic mass is 10.0. The number of halogens is 2. The maximum absolute atomic E-state index is 11.8. The van der Waals surface area contributed by atoms with Gasteiger partial charge in [0.05, 0.1) is 4.83 Å². The number of aryl methyl sites for hydroxylation is 1. The molecular weight excluding hydrogens is 275 g/mol. The van der Waals surface area contributed by atoms with Gasteiger partial charge in [-0.05, 0) is 36.6 Å². The van der Waals surface area contributed by atoms with Crippen LogP contribution in [0.25, 0.3) is 0 Å². The molecule has 0 bridgehead atoms. The average molecular weight is 290 g/mol. The molecule has 0 spiro atoms. The number of carbonyl (C=O) groups is 1. The summed E-state index contributed by atoms with van der Waals surface area (Å²) in [5.41, 5.74) is 2.91. The Labute approximate surface area is 104 Å². The summed E-state index contributed by atoms with van der Waals surface area (Å²) >= 11 is 9.08. The van der Waals surface area contributed by atoms with E-state index in [1.165, 1.54) is 0 Å². The lowest BCUT2D eigenvalue weighted by Crippen LogP contribution is -2.10. The SMILES string of the molecule is CCc1cc(CCl)cc(C(=O)C(C)Br)c1. The Morgan fingerprint density at radius 2 is 2.00 bits per heavy atom. The fraction of sp³-hybridized carbons (Fsp3) is 0.417. The number of hydrogen-bond acceptors (Lipinski definition) is 1. The second-order valence-electron chi connectivity index (χ2n) is 3.51. The Hall–Kier alpha value is -0.340. The summed E-state index contributed by atoms with van der Waals surface area (Å²) in [7, 11) is 0. The molecule has 15 heavy (non-hydrogen) atoms. The van der Waals surface area contributed by atoms with E-state index in [0.717, 1.165) is 23.1 Å². The van der Waals surface area contributed by atoms with E-state index in [1.54, 1.807) is 0 Å². The maximum Gasteiger partial charge on any atom is 0.176 e. The molecule has 0 aliphatic rings. The molecule has 0 N–H and O–H groups in total. The first-order chi connectivity index (χ1) is 7.08. The Kier molecular flexibility index (Phi) is 4.81. The number of hydrogen-bond donors (Lipinski definition) is 0. The van der Waals surface area contributed by atoms with Gasteiger partial charge in [-0.1, -0.05) is 28.9 Å². The molecule has 1 aromatic carbocycles. The highest BCUT2D eigenvalue weighted by molar-refractivity contribution is 9.10. The standard InChI is InChI=1S/C12H14BrClO/c1-3-9-4-10(7-14)6-11(5-9)12(15)8(2)13/h4-6,8H,3,7H2,1-2H3. The van der Waals surface area contributed by atoms with E-state index in [4.69, 9.17) is 11.6 Å². The Morgan fingerprint density at radius 3 is 2.47 bits per heavy atom. The van der Waals surface area contributed by atoms with Crippen LogP contribution in [0.2, 0.25) is 0 Å². The average Bonchev–Trinajstić information content (AvgIpc) is 2.27. The molecule has 0 heterocycles. The summed E-state index contributed by atoms with van der Waals surface area (Å²) in [5.74, 6) is 0.557. The van der Waals surface area contributed by atoms with Gasteiger partial charge in [-0.15, -0.1) is 11.6 Å². The van der Waals surface area contributed by atoms with Crippen molar-refractivity contribution in [3.63, 3.8) is 0 Å². The topological polar surface area (TPSA) is 17.1 Å². The van der Waals surface area contributed by atoms with Crippen LogP contribution in [0.3, 0.4) is 0 Å². The van der Waals surface area contributed by atoms with Crippen molar-refractivity contribution in [3.8, 4) is 0 Å². The number of ketones is 1. The molecule has 1 atom stereocenters. The smallest absolute Gasteiger partial charge is 0.176 e. The summed E-state index contributed by atoms with van der Waals surface area (Å²) in [4.78, 5) is 11.6. The van der Waals surface area contributed by atoms with Gasteiger partial charge in [0.2, 0.25) is 0 Å². The normalized spacial score (nSPS) is 12.5. The van der Waals surface area contributed by atoms with Crippen molar-refractivity contribution in [3.05, 3.63) is 34.9 Å². The van der Waals surface area contributed by atoms with Crippen molar-refractivity contribution in [2.75, 3.05) is 0 Å². The van der Waals surface area contributed by atoms with E-state index in [1.807, 2.05) is 25.1 Å². The minimum atomic E-state index is -0.146. The van der Waals surface area contributed by atoms with Gasteiger partial charge in [-0.2, -0.15) is 0 Å². The largest absolute Gasteiger partial charge is 0.293 e. The number of alkyl halides is 2. The summed E-state index contributed by atoms with van der Waals surface area (Å²) in [6, 6.07) is 5.85. The van der Waals surface area contributed by atoms with E-state index >= 15 is 0 Å². The highest BCUT2D eigenvalue weighted by Crippen LogP contribution is 2.16. The Balaban J connectivity index is 3.12. The molecule has 0 fully saturated rings. The van der Waals surface area contributed by atoms with Gasteiger partial charge in [-0.25, -0.2) is 0 Å². The first-order valence-corrected chi connectivity index (χ1v) is 6.40. The zero-order valence-corrected chi connectivity index (χ0v) is 11.2. The van der Waals surface area contributed by atoms with Gasteiger partial charge in [0.15, 0.2) is 5.78 Å². The van der Waals surface area contributed by atoms with Crippen molar-refractivity contribution in [1.82, 2.24) is 0 Å². The third-order valence-electron chi connectivity index (χ3n) is 2.26. The molecule has 0 aliphatic heterocycles. The van der Waals surface area contributed by atoms with Crippen LogP contribution >= 0.6 is 27.5 Å². The third-order valence-corrected chi connectivity index (χ3v) is 2.99. The monoisotopic (exact) mass is 288 g/mol. The molecule has 0 saturated carbocycles. The number of rotatable bonds is 4. The van der Waals surface area contributed by atoms with E-state index in [9.17, 15) is 4.79 Å². The van der Waals surface area contributed by atoms with Gasteiger partial charge in [-0.3, -0.25) is 4.79 Å². The second-order valence-corrected chi connectivity index (χ2v) is 5.15. The Bertz CT molecular complexity index is 338. The lowest BCUT2D eigenvalue weighted by Gasteiger charge is -2.07. The highest BCUT2D eigenvalue weighted by Gasteiger charge is 2.13. The fourth-order valence-electron chi connectivity index (χ4n) is 1.42. The van der Waals surface area contributed by atoms with Crippen molar-refractivity contribution in [2.24, 2.45) is 0 Å². The molecule has 0 aliphatic carbocycles. The molecule has 1 rings (SSSR count). The number of carbonyl (C=O) groups excluding carboxylic acids is 1. The van der Waals surface area contributed by atoms with Crippen LogP contribution in [0.15, 0.2) is 18.2 Å². The van der Waals surface area contributed by atoms with Crippen LogP contribution in [0.4, 0.5) is 0 Å². The van der Waals surface area contributed by atoms with Crippen molar-refractivity contribution in [1.29, 1.82) is 0 Å². The number of benzene rings is 1. The molecule has 0 saturated heterocycles. The lowest BCUT2D eigenvalue weighted by molar-refractivity contribution is 0.0995. The minimum absolute atomic E-state index is 0.108. The van der Waals surface area contributed by atoms with E-state index in [2.05, 4.69) is 22.9 Å². The molecule has 0 aromatic heterocycles. The van der Waals surface area contributed by atoms with Gasteiger partial charge >= 0.3 is 0 Å². The van der Waals surface area contributed by atoms with Crippen LogP contribution in [-0.2, 0) is 12.3 Å². The van der Waals surface area contributed by atoms with Crippen LogP contribution in [0.1, 0.15) is 35.3 Å². The third kappa shape index (κ3) is 3.32.